The molecule has 0 saturated carbocycles. The second-order valence-corrected chi connectivity index (χ2v) is 6.12. The van der Waals surface area contributed by atoms with Gasteiger partial charge in [-0.2, -0.15) is 0 Å². The Bertz CT molecular complexity index is 758. The average molecular weight is 357 g/mol. The van der Waals surface area contributed by atoms with Crippen molar-refractivity contribution in [3.05, 3.63) is 42.1 Å². The quantitative estimate of drug-likeness (QED) is 0.701. The highest BCUT2D eigenvalue weighted by molar-refractivity contribution is 6.00. The molecule has 1 aromatic heterocycles. The summed E-state index contributed by atoms with van der Waals surface area (Å²) < 4.78 is 10.6. The van der Waals surface area contributed by atoms with Crippen LogP contribution in [0.3, 0.4) is 0 Å². The van der Waals surface area contributed by atoms with E-state index in [9.17, 15) is 4.79 Å². The molecule has 0 radical (unpaired) electrons. The molecule has 1 aliphatic heterocycles. The van der Waals surface area contributed by atoms with E-state index in [2.05, 4.69) is 15.2 Å². The minimum absolute atomic E-state index is 0.0545. The summed E-state index contributed by atoms with van der Waals surface area (Å²) in [5.41, 5.74) is 3.16. The van der Waals surface area contributed by atoms with Gasteiger partial charge in [-0.15, -0.1) is 0 Å². The van der Waals surface area contributed by atoms with Gasteiger partial charge in [0, 0.05) is 36.7 Å². The number of carbonyl (C=O) groups is 1. The number of hydrogen-bond donors (Lipinski definition) is 2. The number of rotatable bonds is 8. The Kier molecular flexibility index (Phi) is 5.70. The summed E-state index contributed by atoms with van der Waals surface area (Å²) in [4.78, 5) is 18.1. The van der Waals surface area contributed by atoms with Crippen molar-refractivity contribution in [2.45, 2.75) is 13.0 Å². The molecule has 1 aromatic carbocycles. The lowest BCUT2D eigenvalue weighted by molar-refractivity contribution is 0.0135. The van der Waals surface area contributed by atoms with Gasteiger partial charge in [0.05, 0.1) is 37.7 Å². The van der Waals surface area contributed by atoms with Crippen molar-refractivity contribution in [3.63, 3.8) is 0 Å². The molecule has 2 aromatic rings. The Hall–Kier alpha value is -2.64. The molecule has 0 bridgehead atoms. The number of aliphatic hydroxyl groups excluding tert-OH is 1. The molecule has 3 rings (SSSR count). The van der Waals surface area contributed by atoms with E-state index in [1.54, 1.807) is 13.2 Å². The summed E-state index contributed by atoms with van der Waals surface area (Å²) in [7, 11) is 1.54. The van der Waals surface area contributed by atoms with Crippen LogP contribution >= 0.6 is 0 Å². The Morgan fingerprint density at radius 1 is 1.35 bits per heavy atom. The van der Waals surface area contributed by atoms with Crippen LogP contribution < -0.4 is 15.0 Å². The number of ketones is 1. The van der Waals surface area contributed by atoms with Crippen molar-refractivity contribution in [2.75, 3.05) is 43.6 Å². The first kappa shape index (κ1) is 18.2. The van der Waals surface area contributed by atoms with Crippen LogP contribution in [0.15, 0.2) is 36.5 Å². The minimum atomic E-state index is -0.0613. The van der Waals surface area contributed by atoms with Gasteiger partial charge < -0.3 is 24.8 Å². The third kappa shape index (κ3) is 4.12. The number of benzene rings is 1. The van der Waals surface area contributed by atoms with Crippen LogP contribution in [0.4, 0.5) is 17.1 Å². The van der Waals surface area contributed by atoms with Gasteiger partial charge in [0.1, 0.15) is 0 Å². The lowest BCUT2D eigenvalue weighted by Crippen LogP contribution is -2.52. The van der Waals surface area contributed by atoms with Crippen molar-refractivity contribution >= 4 is 22.8 Å². The predicted molar refractivity (Wildman–Crippen MR) is 99.6 cm³/mol. The normalized spacial score (nSPS) is 14.0. The van der Waals surface area contributed by atoms with Gasteiger partial charge in [-0.25, -0.2) is 4.98 Å². The predicted octanol–water partition coefficient (Wildman–Crippen LogP) is 2.23. The molecule has 7 heteroatoms. The van der Waals surface area contributed by atoms with Gasteiger partial charge >= 0.3 is 0 Å². The van der Waals surface area contributed by atoms with E-state index in [1.807, 2.05) is 24.3 Å². The van der Waals surface area contributed by atoms with E-state index < -0.39 is 0 Å². The lowest BCUT2D eigenvalue weighted by atomic mass is 10.1. The average Bonchev–Trinajstić information content (AvgIpc) is 2.61. The van der Waals surface area contributed by atoms with Gasteiger partial charge in [-0.05, 0) is 31.2 Å². The van der Waals surface area contributed by atoms with E-state index in [4.69, 9.17) is 14.6 Å². The van der Waals surface area contributed by atoms with Crippen LogP contribution in [-0.2, 0) is 4.74 Å². The highest BCUT2D eigenvalue weighted by Crippen LogP contribution is 2.28. The van der Waals surface area contributed by atoms with Gasteiger partial charge in [-0.1, -0.05) is 0 Å². The van der Waals surface area contributed by atoms with Crippen molar-refractivity contribution in [1.82, 2.24) is 4.98 Å². The van der Waals surface area contributed by atoms with E-state index in [1.165, 1.54) is 13.1 Å². The topological polar surface area (TPSA) is 83.9 Å². The molecule has 2 N–H and O–H groups in total. The SMILES string of the molecule is COc1cc(Nc2ccc(N3CC(OCCO)C3)cc2)c(C(C)=O)cn1. The first-order valence-corrected chi connectivity index (χ1v) is 8.50. The number of hydrogen-bond acceptors (Lipinski definition) is 7. The van der Waals surface area contributed by atoms with Crippen LogP contribution in [0, 0.1) is 0 Å². The molecule has 0 amide bonds. The zero-order valence-electron chi connectivity index (χ0n) is 14.9. The summed E-state index contributed by atoms with van der Waals surface area (Å²) in [5.74, 6) is 0.386. The molecule has 2 heterocycles. The fraction of sp³-hybridized carbons (Fsp3) is 0.368. The van der Waals surface area contributed by atoms with E-state index >= 15 is 0 Å². The Labute approximate surface area is 152 Å². The molecule has 138 valence electrons. The van der Waals surface area contributed by atoms with E-state index in [-0.39, 0.29) is 18.5 Å². The van der Waals surface area contributed by atoms with Crippen molar-refractivity contribution < 1.29 is 19.4 Å². The van der Waals surface area contributed by atoms with Crippen LogP contribution in [0.1, 0.15) is 17.3 Å². The van der Waals surface area contributed by atoms with E-state index in [0.29, 0.717) is 23.7 Å². The van der Waals surface area contributed by atoms with Gasteiger partial charge in [0.15, 0.2) is 5.78 Å². The standard InChI is InChI=1S/C19H23N3O4/c1-13(24)17-10-20-19(25-2)9-18(17)21-14-3-5-15(6-4-14)22-11-16(12-22)26-8-7-23/h3-6,9-10,16,23H,7-8,11-12H2,1-2H3,(H,20,21). The summed E-state index contributed by atoms with van der Waals surface area (Å²) in [6, 6.07) is 9.69. The highest BCUT2D eigenvalue weighted by atomic mass is 16.5. The molecule has 1 aliphatic rings. The molecule has 0 atom stereocenters. The molecular weight excluding hydrogens is 334 g/mol. The fourth-order valence-corrected chi connectivity index (χ4v) is 2.82. The van der Waals surface area contributed by atoms with Crippen LogP contribution in [0.2, 0.25) is 0 Å². The number of anilines is 3. The lowest BCUT2D eigenvalue weighted by Gasteiger charge is -2.40. The van der Waals surface area contributed by atoms with Crippen molar-refractivity contribution in [2.24, 2.45) is 0 Å². The Morgan fingerprint density at radius 3 is 2.69 bits per heavy atom. The Morgan fingerprint density at radius 2 is 2.08 bits per heavy atom. The number of aliphatic hydroxyl groups is 1. The van der Waals surface area contributed by atoms with Gasteiger partial charge in [-0.3, -0.25) is 4.79 Å². The molecule has 1 fully saturated rings. The molecule has 26 heavy (non-hydrogen) atoms. The number of aromatic nitrogens is 1. The summed E-state index contributed by atoms with van der Waals surface area (Å²) >= 11 is 0. The second-order valence-electron chi connectivity index (χ2n) is 6.12. The highest BCUT2D eigenvalue weighted by Gasteiger charge is 2.27. The minimum Gasteiger partial charge on any atom is -0.481 e. The molecule has 0 aliphatic carbocycles. The summed E-state index contributed by atoms with van der Waals surface area (Å²) in [6.45, 7) is 3.59. The third-order valence-electron chi connectivity index (χ3n) is 4.27. The number of Topliss-reactive ketones (excluding diaryl/α,β-unsaturated/α-hetero) is 1. The number of ether oxygens (including phenoxy) is 2. The zero-order valence-corrected chi connectivity index (χ0v) is 14.9. The maximum atomic E-state index is 11.8. The third-order valence-corrected chi connectivity index (χ3v) is 4.27. The largest absolute Gasteiger partial charge is 0.481 e. The second kappa shape index (κ2) is 8.16. The van der Waals surface area contributed by atoms with Crippen LogP contribution in [-0.4, -0.2) is 55.4 Å². The van der Waals surface area contributed by atoms with Crippen LogP contribution in [0.25, 0.3) is 0 Å². The smallest absolute Gasteiger partial charge is 0.215 e. The first-order chi connectivity index (χ1) is 12.6. The van der Waals surface area contributed by atoms with Crippen molar-refractivity contribution in [1.29, 1.82) is 0 Å². The molecule has 1 saturated heterocycles. The molecule has 7 nitrogen and oxygen atoms in total. The van der Waals surface area contributed by atoms with Crippen molar-refractivity contribution in [3.8, 4) is 5.88 Å². The van der Waals surface area contributed by atoms with E-state index in [0.717, 1.165) is 24.5 Å². The number of pyridine rings is 1. The maximum absolute atomic E-state index is 11.8. The summed E-state index contributed by atoms with van der Waals surface area (Å²) in [5, 5.41) is 12.0. The van der Waals surface area contributed by atoms with Gasteiger partial charge in [0.2, 0.25) is 5.88 Å². The fourth-order valence-electron chi connectivity index (χ4n) is 2.82. The number of methoxy groups -OCH3 is 1. The molecule has 0 unspecified atom stereocenters. The molecule has 0 spiro atoms. The maximum Gasteiger partial charge on any atom is 0.215 e. The van der Waals surface area contributed by atoms with Gasteiger partial charge in [0.25, 0.3) is 0 Å². The molecular formula is C19H23N3O4. The summed E-state index contributed by atoms with van der Waals surface area (Å²) in [6.07, 6.45) is 1.70. The zero-order chi connectivity index (χ0) is 18.5. The number of nitrogens with one attached hydrogen (secondary N) is 1. The van der Waals surface area contributed by atoms with Crippen LogP contribution in [0.5, 0.6) is 5.88 Å². The number of nitrogens with zero attached hydrogens (tertiary/aromatic N) is 2. The number of carbonyl (C=O) groups excluding carboxylic acids is 1. The monoisotopic (exact) mass is 357 g/mol. The Balaban J connectivity index is 1.66. The first-order valence-electron chi connectivity index (χ1n) is 8.50.